The maximum atomic E-state index is 10.2. The van der Waals surface area contributed by atoms with E-state index < -0.39 is 5.97 Å². The molecule has 0 aromatic carbocycles. The molecule has 0 spiro atoms. The van der Waals surface area contributed by atoms with Crippen LogP contribution in [0.15, 0.2) is 25.3 Å². The Morgan fingerprint density at radius 1 is 1.29 bits per heavy atom. The van der Waals surface area contributed by atoms with Gasteiger partial charge in [0.15, 0.2) is 0 Å². The van der Waals surface area contributed by atoms with E-state index in [1.165, 1.54) is 13.2 Å². The van der Waals surface area contributed by atoms with Gasteiger partial charge >= 0.3 is 72.3 Å². The Bertz CT molecular complexity index is 201. The molecule has 0 N–H and O–H groups in total. The number of carbonyl (C=O) groups is 2. The molecule has 0 saturated heterocycles. The molecule has 0 fully saturated rings. The van der Waals surface area contributed by atoms with Crippen LogP contribution in [-0.4, -0.2) is 53.6 Å². The molecule has 0 aliphatic carbocycles. The van der Waals surface area contributed by atoms with Crippen LogP contribution in [0.1, 0.15) is 0 Å². The molecule has 0 aromatic heterocycles. The zero-order chi connectivity index (χ0) is 11.4. The summed E-state index contributed by atoms with van der Waals surface area (Å²) >= 11 is 1.09. The van der Waals surface area contributed by atoms with Crippen molar-refractivity contribution in [2.75, 3.05) is 13.7 Å². The Morgan fingerprint density at radius 3 is 2.00 bits per heavy atom. The fourth-order valence-electron chi connectivity index (χ4n) is 0.345. The minimum absolute atomic E-state index is 0.319. The van der Waals surface area contributed by atoms with Crippen LogP contribution in [-0.2, 0) is 19.1 Å². The molecule has 0 rings (SSSR count). The summed E-state index contributed by atoms with van der Waals surface area (Å²) in [6, 6.07) is 0. The Labute approximate surface area is 101 Å². The first-order valence-corrected chi connectivity index (χ1v) is 5.53. The van der Waals surface area contributed by atoms with Crippen molar-refractivity contribution < 1.29 is 19.1 Å². The van der Waals surface area contributed by atoms with E-state index in [1.807, 2.05) is 0 Å². The predicted octanol–water partition coefficient (Wildman–Crippen LogP) is 0.648. The molecule has 0 atom stereocenters. The van der Waals surface area contributed by atoms with Gasteiger partial charge in [0.05, 0.1) is 7.11 Å². The Balaban J connectivity index is 0. The number of ether oxygens (including phenoxy) is 2. The van der Waals surface area contributed by atoms with Gasteiger partial charge in [-0.3, -0.25) is 0 Å². The van der Waals surface area contributed by atoms with Gasteiger partial charge in [-0.05, 0) is 0 Å². The van der Waals surface area contributed by atoms with Crippen LogP contribution in [0.25, 0.3) is 0 Å². The second-order valence-corrected chi connectivity index (χ2v) is 3.10. The Hall–Kier alpha value is -0.580. The molecule has 0 heterocycles. The third-order valence-electron chi connectivity index (χ3n) is 0.983. The number of methoxy groups -OCH3 is 1. The van der Waals surface area contributed by atoms with Crippen molar-refractivity contribution in [3.63, 3.8) is 0 Å². The van der Waals surface area contributed by atoms with Crippen molar-refractivity contribution in [2.24, 2.45) is 0 Å². The molecule has 0 radical (unpaired) electrons. The van der Waals surface area contributed by atoms with Gasteiger partial charge < -0.3 is 4.74 Å². The second-order valence-electron chi connectivity index (χ2n) is 2.10. The summed E-state index contributed by atoms with van der Waals surface area (Å²) in [5.41, 5.74) is 0. The molecule has 74 valence electrons. The van der Waals surface area contributed by atoms with Crippen molar-refractivity contribution in [1.29, 1.82) is 0 Å². The first-order valence-electron chi connectivity index (χ1n) is 4.11. The number of rotatable bonds is 4. The van der Waals surface area contributed by atoms with Gasteiger partial charge in [-0.25, -0.2) is 4.79 Å². The van der Waals surface area contributed by atoms with Crippen LogP contribution in [0.3, 0.4) is 0 Å². The third-order valence-corrected chi connectivity index (χ3v) is 1.39. The van der Waals surface area contributed by atoms with Gasteiger partial charge in [0, 0.05) is 6.08 Å². The summed E-state index contributed by atoms with van der Waals surface area (Å²) in [7, 11) is 1.31. The van der Waals surface area contributed by atoms with Crippen LogP contribution in [0.5, 0.6) is 0 Å². The molecule has 0 aliphatic rings. The SMILES string of the molecule is C=CC(=O)OC.C=CC(=O)OC[CH2][Na]. The number of carbonyl (C=O) groups excluding carboxylic acids is 2. The average molecular weight is 208 g/mol. The van der Waals surface area contributed by atoms with Gasteiger partial charge in [-0.15, -0.1) is 0 Å². The molecule has 4 nitrogen and oxygen atoms in total. The molecule has 0 aromatic rings. The monoisotopic (exact) mass is 208 g/mol. The summed E-state index contributed by atoms with van der Waals surface area (Å²) in [6.07, 6.45) is 2.29. The average Bonchev–Trinajstić information content (AvgIpc) is 2.25. The fourth-order valence-corrected chi connectivity index (χ4v) is 0.549. The summed E-state index contributed by atoms with van der Waals surface area (Å²) < 4.78 is 9.76. The van der Waals surface area contributed by atoms with Crippen LogP contribution in [0.4, 0.5) is 0 Å². The molecule has 0 saturated carbocycles. The standard InChI is InChI=1S/C5H7O2.C4H6O2.Na/c1-3-5(6)7-4-2;1-3-4(5)6-2;/h3H,1-2,4H2;3H,1H2,2H3;. The van der Waals surface area contributed by atoms with E-state index in [9.17, 15) is 9.59 Å². The maximum absolute atomic E-state index is 10.2. The van der Waals surface area contributed by atoms with Gasteiger partial charge in [0.25, 0.3) is 0 Å². The van der Waals surface area contributed by atoms with Gasteiger partial charge in [-0.2, -0.15) is 0 Å². The Morgan fingerprint density at radius 2 is 1.79 bits per heavy atom. The first-order chi connectivity index (χ1) is 6.62. The van der Waals surface area contributed by atoms with E-state index in [1.54, 1.807) is 0 Å². The molecule has 5 heteroatoms. The van der Waals surface area contributed by atoms with Crippen molar-refractivity contribution in [3.05, 3.63) is 25.3 Å². The summed E-state index contributed by atoms with van der Waals surface area (Å²) in [5.74, 6) is -0.712. The van der Waals surface area contributed by atoms with Gasteiger partial charge in [-0.1, -0.05) is 6.58 Å². The topological polar surface area (TPSA) is 52.6 Å². The van der Waals surface area contributed by atoms with E-state index in [2.05, 4.69) is 22.6 Å². The molecular weight excluding hydrogens is 195 g/mol. The van der Waals surface area contributed by atoms with Crippen molar-refractivity contribution in [3.8, 4) is 0 Å². The van der Waals surface area contributed by atoms with E-state index >= 15 is 0 Å². The normalized spacial score (nSPS) is 7.64. The van der Waals surface area contributed by atoms with E-state index in [0.29, 0.717) is 6.61 Å². The molecule has 0 amide bonds. The van der Waals surface area contributed by atoms with Gasteiger partial charge in [0.2, 0.25) is 0 Å². The predicted molar refractivity (Wildman–Crippen MR) is 53.9 cm³/mol. The van der Waals surface area contributed by atoms with Crippen LogP contribution >= 0.6 is 0 Å². The number of hydrogen-bond donors (Lipinski definition) is 0. The fraction of sp³-hybridized carbons (Fsp3) is 0.333. The quantitative estimate of drug-likeness (QED) is 0.386. The first kappa shape index (κ1) is 15.9. The molecular formula is C9H13NaO4. The zero-order valence-corrected chi connectivity index (χ0v) is 10.6. The zero-order valence-electron chi connectivity index (χ0n) is 8.62. The molecule has 0 aliphatic heterocycles. The second kappa shape index (κ2) is 12.4. The summed E-state index contributed by atoms with van der Waals surface area (Å²) in [5, 5.41) is 0. The van der Waals surface area contributed by atoms with E-state index in [-0.39, 0.29) is 5.97 Å². The Kier molecular flexibility index (Phi) is 14.1. The van der Waals surface area contributed by atoms with Crippen molar-refractivity contribution >= 4 is 39.9 Å². The van der Waals surface area contributed by atoms with E-state index in [4.69, 9.17) is 0 Å². The third kappa shape index (κ3) is 14.0. The minimum atomic E-state index is -0.394. The molecule has 14 heavy (non-hydrogen) atoms. The van der Waals surface area contributed by atoms with E-state index in [0.717, 1.165) is 37.7 Å². The number of esters is 2. The number of hydrogen-bond acceptors (Lipinski definition) is 4. The van der Waals surface area contributed by atoms with Crippen LogP contribution in [0, 0.1) is 0 Å². The molecule has 0 unspecified atom stereocenters. The van der Waals surface area contributed by atoms with Crippen molar-refractivity contribution in [2.45, 2.75) is 3.67 Å². The van der Waals surface area contributed by atoms with Crippen LogP contribution < -0.4 is 0 Å². The van der Waals surface area contributed by atoms with Crippen molar-refractivity contribution in [1.82, 2.24) is 0 Å². The summed E-state index contributed by atoms with van der Waals surface area (Å²) in [6.45, 7) is 6.96. The molecule has 0 bridgehead atoms. The van der Waals surface area contributed by atoms with Gasteiger partial charge in [0.1, 0.15) is 0 Å². The summed E-state index contributed by atoms with van der Waals surface area (Å²) in [4.78, 5) is 20.1. The van der Waals surface area contributed by atoms with Crippen LogP contribution in [0.2, 0.25) is 3.67 Å².